The van der Waals surface area contributed by atoms with Crippen molar-refractivity contribution >= 4 is 6.29 Å². The van der Waals surface area contributed by atoms with Crippen LogP contribution in [0, 0.1) is 5.92 Å². The molecule has 1 heterocycles. The van der Waals surface area contributed by atoms with E-state index in [1.807, 2.05) is 0 Å². The van der Waals surface area contributed by atoms with E-state index in [0.717, 1.165) is 37.7 Å². The minimum atomic E-state index is -0.435. The first kappa shape index (κ1) is 12.8. The molecule has 0 fully saturated rings. The molecule has 1 rings (SSSR count). The minimum absolute atomic E-state index is 0.108. The summed E-state index contributed by atoms with van der Waals surface area (Å²) in [5, 5.41) is 7.73. The van der Waals surface area contributed by atoms with Crippen molar-refractivity contribution in [3.63, 3.8) is 0 Å². The zero-order valence-electron chi connectivity index (χ0n) is 9.60. The molecule has 0 spiro atoms. The van der Waals surface area contributed by atoms with Gasteiger partial charge in [0.2, 0.25) is 0 Å². The number of aryl methyl sites for hydroxylation is 2. The van der Waals surface area contributed by atoms with Crippen molar-refractivity contribution in [2.45, 2.75) is 39.2 Å². The molecule has 16 heavy (non-hydrogen) atoms. The summed E-state index contributed by atoms with van der Waals surface area (Å²) >= 11 is 0. The molecular weight excluding hydrogens is 209 g/mol. The van der Waals surface area contributed by atoms with Gasteiger partial charge in [0.1, 0.15) is 13.0 Å². The van der Waals surface area contributed by atoms with Gasteiger partial charge in [-0.25, -0.2) is 9.07 Å². The fraction of sp³-hybridized carbons (Fsp3) is 0.727. The third-order valence-electron chi connectivity index (χ3n) is 2.52. The highest BCUT2D eigenvalue weighted by Crippen LogP contribution is 2.11. The molecule has 0 bridgehead atoms. The standard InChI is InChI=1S/C11H18FN3O/c1-2-3-10(9-16)4-5-11-8-15(7-6-12)14-13-11/h8-10H,2-7H2,1H3. The SMILES string of the molecule is CCCC(C=O)CCc1cn(CCF)nn1. The number of rotatable bonds is 8. The van der Waals surface area contributed by atoms with Crippen molar-refractivity contribution in [1.29, 1.82) is 0 Å². The number of hydrogen-bond acceptors (Lipinski definition) is 3. The molecule has 0 aliphatic rings. The Balaban J connectivity index is 2.37. The van der Waals surface area contributed by atoms with Crippen LogP contribution >= 0.6 is 0 Å². The molecule has 0 saturated carbocycles. The Kier molecular flexibility index (Phi) is 5.67. The first-order chi connectivity index (χ1) is 7.80. The van der Waals surface area contributed by atoms with Crippen LogP contribution in [-0.4, -0.2) is 28.0 Å². The summed E-state index contributed by atoms with van der Waals surface area (Å²) in [5.41, 5.74) is 0.830. The van der Waals surface area contributed by atoms with E-state index in [1.165, 1.54) is 4.68 Å². The normalized spacial score (nSPS) is 12.6. The molecule has 0 aliphatic carbocycles. The number of nitrogens with zero attached hydrogens (tertiary/aromatic N) is 3. The molecule has 4 nitrogen and oxygen atoms in total. The molecule has 1 atom stereocenters. The van der Waals surface area contributed by atoms with Crippen LogP contribution in [0.5, 0.6) is 0 Å². The summed E-state index contributed by atoms with van der Waals surface area (Å²) in [5.74, 6) is 0.108. The Morgan fingerprint density at radius 2 is 2.38 bits per heavy atom. The minimum Gasteiger partial charge on any atom is -0.303 e. The van der Waals surface area contributed by atoms with E-state index in [4.69, 9.17) is 0 Å². The Bertz CT molecular complexity index is 314. The monoisotopic (exact) mass is 227 g/mol. The first-order valence-electron chi connectivity index (χ1n) is 5.70. The molecule has 5 heteroatoms. The number of hydrogen-bond donors (Lipinski definition) is 0. The van der Waals surface area contributed by atoms with E-state index in [9.17, 15) is 9.18 Å². The number of carbonyl (C=O) groups is 1. The van der Waals surface area contributed by atoms with Gasteiger partial charge >= 0.3 is 0 Å². The van der Waals surface area contributed by atoms with Gasteiger partial charge in [-0.1, -0.05) is 18.6 Å². The second-order valence-electron chi connectivity index (χ2n) is 3.89. The van der Waals surface area contributed by atoms with Crippen molar-refractivity contribution in [3.05, 3.63) is 11.9 Å². The number of alkyl halides is 1. The smallest absolute Gasteiger partial charge is 0.123 e. The summed E-state index contributed by atoms with van der Waals surface area (Å²) in [6.07, 6.45) is 6.21. The van der Waals surface area contributed by atoms with Crippen molar-refractivity contribution in [1.82, 2.24) is 15.0 Å². The maximum absolute atomic E-state index is 12.0. The Morgan fingerprint density at radius 3 is 3.00 bits per heavy atom. The number of aldehydes is 1. The van der Waals surface area contributed by atoms with Crippen LogP contribution in [0.1, 0.15) is 31.9 Å². The van der Waals surface area contributed by atoms with Crippen LogP contribution in [0.15, 0.2) is 6.20 Å². The molecule has 0 amide bonds. The van der Waals surface area contributed by atoms with E-state index in [2.05, 4.69) is 17.2 Å². The zero-order valence-corrected chi connectivity index (χ0v) is 9.60. The lowest BCUT2D eigenvalue weighted by Gasteiger charge is -2.05. The molecule has 0 radical (unpaired) electrons. The maximum atomic E-state index is 12.0. The van der Waals surface area contributed by atoms with Crippen LogP contribution in [0.2, 0.25) is 0 Å². The van der Waals surface area contributed by atoms with Crippen LogP contribution in [-0.2, 0) is 17.8 Å². The van der Waals surface area contributed by atoms with E-state index in [0.29, 0.717) is 0 Å². The molecular formula is C11H18FN3O. The molecule has 90 valence electrons. The Morgan fingerprint density at radius 1 is 1.56 bits per heavy atom. The lowest BCUT2D eigenvalue weighted by atomic mass is 9.99. The van der Waals surface area contributed by atoms with Crippen molar-refractivity contribution in [2.24, 2.45) is 5.92 Å². The van der Waals surface area contributed by atoms with Gasteiger partial charge in [-0.05, 0) is 19.3 Å². The average Bonchev–Trinajstić information content (AvgIpc) is 2.72. The highest BCUT2D eigenvalue weighted by molar-refractivity contribution is 5.53. The van der Waals surface area contributed by atoms with Crippen molar-refractivity contribution < 1.29 is 9.18 Å². The highest BCUT2D eigenvalue weighted by Gasteiger charge is 2.08. The van der Waals surface area contributed by atoms with Crippen LogP contribution in [0.4, 0.5) is 4.39 Å². The lowest BCUT2D eigenvalue weighted by Crippen LogP contribution is -2.03. The quantitative estimate of drug-likeness (QED) is 0.636. The predicted molar refractivity (Wildman–Crippen MR) is 58.8 cm³/mol. The lowest BCUT2D eigenvalue weighted by molar-refractivity contribution is -0.111. The number of halogens is 1. The van der Waals surface area contributed by atoms with Crippen LogP contribution in [0.25, 0.3) is 0 Å². The van der Waals surface area contributed by atoms with Gasteiger partial charge in [0.25, 0.3) is 0 Å². The summed E-state index contributed by atoms with van der Waals surface area (Å²) < 4.78 is 13.5. The van der Waals surface area contributed by atoms with Gasteiger partial charge in [-0.3, -0.25) is 0 Å². The summed E-state index contributed by atoms with van der Waals surface area (Å²) in [6.45, 7) is 1.88. The molecule has 0 aliphatic heterocycles. The van der Waals surface area contributed by atoms with Crippen molar-refractivity contribution in [3.8, 4) is 0 Å². The molecule has 0 N–H and O–H groups in total. The highest BCUT2D eigenvalue weighted by atomic mass is 19.1. The van der Waals surface area contributed by atoms with Crippen LogP contribution in [0.3, 0.4) is 0 Å². The molecule has 1 aromatic heterocycles. The molecule has 0 aromatic carbocycles. The van der Waals surface area contributed by atoms with Gasteiger partial charge in [-0.15, -0.1) is 5.10 Å². The number of aromatic nitrogens is 3. The van der Waals surface area contributed by atoms with Crippen molar-refractivity contribution in [2.75, 3.05) is 6.67 Å². The van der Waals surface area contributed by atoms with Gasteiger partial charge in [0.05, 0.1) is 12.2 Å². The van der Waals surface area contributed by atoms with Crippen LogP contribution < -0.4 is 0 Å². The topological polar surface area (TPSA) is 47.8 Å². The second-order valence-corrected chi connectivity index (χ2v) is 3.89. The summed E-state index contributed by atoms with van der Waals surface area (Å²) in [6, 6.07) is 0. The second kappa shape index (κ2) is 7.09. The van der Waals surface area contributed by atoms with Gasteiger partial charge < -0.3 is 4.79 Å². The van der Waals surface area contributed by atoms with E-state index < -0.39 is 6.67 Å². The zero-order chi connectivity index (χ0) is 11.8. The van der Waals surface area contributed by atoms with Gasteiger partial charge in [0, 0.05) is 12.1 Å². The third-order valence-corrected chi connectivity index (χ3v) is 2.52. The van der Waals surface area contributed by atoms with Gasteiger partial charge in [0.15, 0.2) is 0 Å². The van der Waals surface area contributed by atoms with E-state index in [-0.39, 0.29) is 12.5 Å². The summed E-state index contributed by atoms with van der Waals surface area (Å²) in [4.78, 5) is 10.7. The van der Waals surface area contributed by atoms with E-state index >= 15 is 0 Å². The molecule has 1 unspecified atom stereocenters. The summed E-state index contributed by atoms with van der Waals surface area (Å²) in [7, 11) is 0. The fourth-order valence-electron chi connectivity index (χ4n) is 1.63. The first-order valence-corrected chi connectivity index (χ1v) is 5.70. The molecule has 0 saturated heterocycles. The predicted octanol–water partition coefficient (Wildman–Crippen LogP) is 1.80. The average molecular weight is 227 g/mol. The third kappa shape index (κ3) is 4.08. The Labute approximate surface area is 94.8 Å². The Hall–Kier alpha value is -1.26. The number of carbonyl (C=O) groups excluding carboxylic acids is 1. The largest absolute Gasteiger partial charge is 0.303 e. The maximum Gasteiger partial charge on any atom is 0.123 e. The van der Waals surface area contributed by atoms with Gasteiger partial charge in [-0.2, -0.15) is 0 Å². The van der Waals surface area contributed by atoms with E-state index in [1.54, 1.807) is 6.20 Å². The molecule has 1 aromatic rings. The fourth-order valence-corrected chi connectivity index (χ4v) is 1.63.